The van der Waals surface area contributed by atoms with Crippen molar-refractivity contribution in [3.05, 3.63) is 48.3 Å². The van der Waals surface area contributed by atoms with Gasteiger partial charge in [-0.3, -0.25) is 4.79 Å². The number of aliphatic carboxylic acids is 1. The second-order valence-corrected chi connectivity index (χ2v) is 4.87. The molecule has 7 nitrogen and oxygen atoms in total. The number of hydrazone groups is 1. The number of carboxylic acid groups (broad SMARTS) is 1. The number of amides is 1. The summed E-state index contributed by atoms with van der Waals surface area (Å²) in [5, 5.41) is 16.1. The average molecular weight is 301 g/mol. The van der Waals surface area contributed by atoms with Crippen molar-refractivity contribution < 1.29 is 23.5 Å². The van der Waals surface area contributed by atoms with Crippen molar-refractivity contribution >= 4 is 17.6 Å². The van der Waals surface area contributed by atoms with Crippen LogP contribution >= 0.6 is 0 Å². The van der Waals surface area contributed by atoms with Crippen molar-refractivity contribution in [1.29, 1.82) is 0 Å². The molecule has 0 radical (unpaired) electrons. The molecule has 3 heterocycles. The SMILES string of the molecule is O=C([O-])CCC(=O)N1N=C(c2ccco2)CC1c1ccco1. The molecule has 0 aromatic carbocycles. The third-order valence-electron chi connectivity index (χ3n) is 3.39. The van der Waals surface area contributed by atoms with Gasteiger partial charge in [0.05, 0.1) is 12.5 Å². The van der Waals surface area contributed by atoms with Crippen LogP contribution in [0.4, 0.5) is 0 Å². The van der Waals surface area contributed by atoms with Gasteiger partial charge in [-0.05, 0) is 30.7 Å². The molecule has 3 rings (SSSR count). The number of carbonyl (C=O) groups excluding carboxylic acids is 2. The molecule has 0 saturated heterocycles. The van der Waals surface area contributed by atoms with Crippen LogP contribution in [-0.2, 0) is 9.59 Å². The van der Waals surface area contributed by atoms with Crippen LogP contribution in [0.3, 0.4) is 0 Å². The minimum absolute atomic E-state index is 0.172. The fraction of sp³-hybridized carbons (Fsp3) is 0.267. The minimum Gasteiger partial charge on any atom is -0.550 e. The molecule has 2 aromatic rings. The highest BCUT2D eigenvalue weighted by atomic mass is 16.4. The summed E-state index contributed by atoms with van der Waals surface area (Å²) in [4.78, 5) is 22.8. The molecule has 0 N–H and O–H groups in total. The van der Waals surface area contributed by atoms with Crippen LogP contribution < -0.4 is 5.11 Å². The van der Waals surface area contributed by atoms with Crippen LogP contribution in [0.5, 0.6) is 0 Å². The quantitative estimate of drug-likeness (QED) is 0.822. The van der Waals surface area contributed by atoms with E-state index in [2.05, 4.69) is 5.10 Å². The summed E-state index contributed by atoms with van der Waals surface area (Å²) in [6, 6.07) is 6.58. The molecule has 1 aliphatic rings. The molecule has 2 aromatic heterocycles. The lowest BCUT2D eigenvalue weighted by atomic mass is 10.1. The van der Waals surface area contributed by atoms with Crippen molar-refractivity contribution in [3.63, 3.8) is 0 Å². The maximum absolute atomic E-state index is 12.2. The van der Waals surface area contributed by atoms with Crippen molar-refractivity contribution in [3.8, 4) is 0 Å². The van der Waals surface area contributed by atoms with Gasteiger partial charge in [0.15, 0.2) is 0 Å². The van der Waals surface area contributed by atoms with E-state index in [0.29, 0.717) is 23.7 Å². The maximum atomic E-state index is 12.2. The van der Waals surface area contributed by atoms with Gasteiger partial charge in [0, 0.05) is 18.8 Å². The molecule has 0 saturated carbocycles. The largest absolute Gasteiger partial charge is 0.550 e. The lowest BCUT2D eigenvalue weighted by molar-refractivity contribution is -0.305. The highest BCUT2D eigenvalue weighted by molar-refractivity contribution is 6.01. The summed E-state index contributed by atoms with van der Waals surface area (Å²) in [6.45, 7) is 0. The predicted molar refractivity (Wildman–Crippen MR) is 72.4 cm³/mol. The van der Waals surface area contributed by atoms with Crippen LogP contribution in [0.15, 0.2) is 50.7 Å². The zero-order chi connectivity index (χ0) is 15.5. The number of carboxylic acids is 1. The van der Waals surface area contributed by atoms with E-state index in [1.54, 1.807) is 24.3 Å². The monoisotopic (exact) mass is 301 g/mol. The van der Waals surface area contributed by atoms with Crippen LogP contribution in [0.2, 0.25) is 0 Å². The molecule has 0 aliphatic carbocycles. The lowest BCUT2D eigenvalue weighted by Crippen LogP contribution is -2.29. The molecule has 1 atom stereocenters. The van der Waals surface area contributed by atoms with Crippen molar-refractivity contribution in [1.82, 2.24) is 5.01 Å². The van der Waals surface area contributed by atoms with Crippen LogP contribution in [0.1, 0.15) is 36.8 Å². The normalized spacial score (nSPS) is 17.5. The Morgan fingerprint density at radius 1 is 1.23 bits per heavy atom. The number of furan rings is 2. The van der Waals surface area contributed by atoms with Gasteiger partial charge in [-0.25, -0.2) is 5.01 Å². The zero-order valence-electron chi connectivity index (χ0n) is 11.6. The molecule has 7 heteroatoms. The van der Waals surface area contributed by atoms with E-state index in [9.17, 15) is 14.7 Å². The number of hydrogen-bond donors (Lipinski definition) is 0. The molecule has 0 bridgehead atoms. The van der Waals surface area contributed by atoms with Gasteiger partial charge in [0.1, 0.15) is 23.3 Å². The first-order valence-corrected chi connectivity index (χ1v) is 6.82. The summed E-state index contributed by atoms with van der Waals surface area (Å²) >= 11 is 0. The van der Waals surface area contributed by atoms with E-state index in [1.165, 1.54) is 17.5 Å². The standard InChI is InChI=1S/C15H14N2O5/c18-14(5-6-15(19)20)17-11(13-4-2-8-22-13)9-10(16-17)12-3-1-7-21-12/h1-4,7-8,11H,5-6,9H2,(H,19,20)/p-1. The first-order valence-electron chi connectivity index (χ1n) is 6.82. The third-order valence-corrected chi connectivity index (χ3v) is 3.39. The van der Waals surface area contributed by atoms with E-state index in [4.69, 9.17) is 8.83 Å². The van der Waals surface area contributed by atoms with Gasteiger partial charge in [0.25, 0.3) is 0 Å². The predicted octanol–water partition coefficient (Wildman–Crippen LogP) is 1.08. The summed E-state index contributed by atoms with van der Waals surface area (Å²) in [6.07, 6.45) is 2.97. The highest BCUT2D eigenvalue weighted by Crippen LogP contribution is 2.33. The van der Waals surface area contributed by atoms with Crippen LogP contribution in [0, 0.1) is 0 Å². The smallest absolute Gasteiger partial charge is 0.243 e. The Balaban J connectivity index is 1.84. The van der Waals surface area contributed by atoms with Gasteiger partial charge in [-0.15, -0.1) is 0 Å². The molecular formula is C15H13N2O5-. The Morgan fingerprint density at radius 3 is 2.64 bits per heavy atom. The van der Waals surface area contributed by atoms with Crippen LogP contribution in [-0.4, -0.2) is 22.6 Å². The van der Waals surface area contributed by atoms with Gasteiger partial charge in [-0.1, -0.05) is 0 Å². The Kier molecular flexibility index (Phi) is 3.78. The fourth-order valence-corrected chi connectivity index (χ4v) is 2.36. The Bertz CT molecular complexity index is 688. The second kappa shape index (κ2) is 5.88. The van der Waals surface area contributed by atoms with E-state index >= 15 is 0 Å². The average Bonchev–Trinajstić information content (AvgIpc) is 3.23. The Hall–Kier alpha value is -2.83. The molecule has 0 fully saturated rings. The number of nitrogens with zero attached hydrogens (tertiary/aromatic N) is 2. The molecule has 0 spiro atoms. The first-order chi connectivity index (χ1) is 10.6. The van der Waals surface area contributed by atoms with E-state index in [-0.39, 0.29) is 12.8 Å². The molecule has 114 valence electrons. The Labute approximate surface area is 125 Å². The van der Waals surface area contributed by atoms with E-state index in [1.807, 2.05) is 0 Å². The number of carbonyl (C=O) groups is 2. The molecule has 1 amide bonds. The topological polar surface area (TPSA) is 99.1 Å². The third kappa shape index (κ3) is 2.78. The molecule has 1 unspecified atom stereocenters. The van der Waals surface area contributed by atoms with Gasteiger partial charge in [-0.2, -0.15) is 5.10 Å². The van der Waals surface area contributed by atoms with Crippen LogP contribution in [0.25, 0.3) is 0 Å². The van der Waals surface area contributed by atoms with Crippen molar-refractivity contribution in [2.24, 2.45) is 5.10 Å². The zero-order valence-corrected chi connectivity index (χ0v) is 11.6. The molecule has 22 heavy (non-hydrogen) atoms. The second-order valence-electron chi connectivity index (χ2n) is 4.87. The van der Waals surface area contributed by atoms with Crippen molar-refractivity contribution in [2.75, 3.05) is 0 Å². The first kappa shape index (κ1) is 14.1. The van der Waals surface area contributed by atoms with Gasteiger partial charge in [0.2, 0.25) is 5.91 Å². The summed E-state index contributed by atoms with van der Waals surface area (Å²) < 4.78 is 10.7. The fourth-order valence-electron chi connectivity index (χ4n) is 2.36. The minimum atomic E-state index is -1.27. The number of rotatable bonds is 5. The Morgan fingerprint density at radius 2 is 2.00 bits per heavy atom. The lowest BCUT2D eigenvalue weighted by Gasteiger charge is -2.19. The summed E-state index contributed by atoms with van der Waals surface area (Å²) in [7, 11) is 0. The summed E-state index contributed by atoms with van der Waals surface area (Å²) in [5.74, 6) is -0.497. The highest BCUT2D eigenvalue weighted by Gasteiger charge is 2.35. The maximum Gasteiger partial charge on any atom is 0.243 e. The molecule has 1 aliphatic heterocycles. The summed E-state index contributed by atoms with van der Waals surface area (Å²) in [5.41, 5.74) is 0.619. The van der Waals surface area contributed by atoms with E-state index in [0.717, 1.165) is 0 Å². The van der Waals surface area contributed by atoms with Gasteiger partial charge >= 0.3 is 0 Å². The van der Waals surface area contributed by atoms with Gasteiger partial charge < -0.3 is 18.7 Å². The van der Waals surface area contributed by atoms with E-state index < -0.39 is 17.9 Å². The molecular weight excluding hydrogens is 288 g/mol. The van der Waals surface area contributed by atoms with Crippen molar-refractivity contribution in [2.45, 2.75) is 25.3 Å². The number of hydrogen-bond acceptors (Lipinski definition) is 6.